The Labute approximate surface area is 106 Å². The van der Waals surface area contributed by atoms with Crippen LogP contribution in [0.3, 0.4) is 0 Å². The van der Waals surface area contributed by atoms with Crippen molar-refractivity contribution in [2.24, 2.45) is 0 Å². The fraction of sp³-hybridized carbons (Fsp3) is 0.417. The number of amides is 1. The molecule has 0 spiro atoms. The van der Waals surface area contributed by atoms with Crippen molar-refractivity contribution in [1.29, 1.82) is 0 Å². The van der Waals surface area contributed by atoms with E-state index in [4.69, 9.17) is 0 Å². The summed E-state index contributed by atoms with van der Waals surface area (Å²) in [6.45, 7) is 1.86. The summed E-state index contributed by atoms with van der Waals surface area (Å²) in [5, 5.41) is 2.59. The van der Waals surface area contributed by atoms with Crippen LogP contribution in [0.5, 0.6) is 0 Å². The van der Waals surface area contributed by atoms with E-state index >= 15 is 0 Å². The van der Waals surface area contributed by atoms with Crippen LogP contribution in [0.2, 0.25) is 0 Å². The third-order valence-corrected chi connectivity index (χ3v) is 3.43. The predicted octanol–water partition coefficient (Wildman–Crippen LogP) is 1.30. The number of hydrogen-bond acceptors (Lipinski definition) is 3. The first kappa shape index (κ1) is 14.6. The molecule has 0 aliphatic carbocycles. The number of aryl methyl sites for hydroxylation is 1. The first-order chi connectivity index (χ1) is 8.29. The van der Waals surface area contributed by atoms with Crippen LogP contribution in [-0.4, -0.2) is 32.9 Å². The molecular formula is C12H16FNO3S. The summed E-state index contributed by atoms with van der Waals surface area (Å²) >= 11 is 0. The van der Waals surface area contributed by atoms with E-state index < -0.39 is 9.84 Å². The van der Waals surface area contributed by atoms with E-state index in [0.717, 1.165) is 6.26 Å². The molecule has 0 aliphatic heterocycles. The Bertz CT molecular complexity index is 540. The smallest absolute Gasteiger partial charge is 0.251 e. The molecule has 6 heteroatoms. The van der Waals surface area contributed by atoms with Crippen molar-refractivity contribution in [2.45, 2.75) is 13.3 Å². The highest BCUT2D eigenvalue weighted by molar-refractivity contribution is 7.90. The molecular weight excluding hydrogens is 257 g/mol. The second kappa shape index (κ2) is 5.95. The maximum atomic E-state index is 13.0. The van der Waals surface area contributed by atoms with E-state index in [1.165, 1.54) is 18.2 Å². The summed E-state index contributed by atoms with van der Waals surface area (Å²) in [7, 11) is -3.00. The molecule has 0 aliphatic rings. The van der Waals surface area contributed by atoms with Crippen LogP contribution in [0.4, 0.5) is 4.39 Å². The van der Waals surface area contributed by atoms with Gasteiger partial charge in [-0.3, -0.25) is 4.79 Å². The van der Waals surface area contributed by atoms with E-state index in [1.54, 1.807) is 6.92 Å². The average Bonchev–Trinajstić information content (AvgIpc) is 2.26. The molecule has 1 aromatic carbocycles. The van der Waals surface area contributed by atoms with Gasteiger partial charge >= 0.3 is 0 Å². The fourth-order valence-electron chi connectivity index (χ4n) is 1.42. The fourth-order valence-corrected chi connectivity index (χ4v) is 2.09. The zero-order chi connectivity index (χ0) is 13.8. The Morgan fingerprint density at radius 3 is 2.61 bits per heavy atom. The van der Waals surface area contributed by atoms with Gasteiger partial charge in [0.15, 0.2) is 0 Å². The van der Waals surface area contributed by atoms with Gasteiger partial charge in [-0.2, -0.15) is 0 Å². The van der Waals surface area contributed by atoms with Gasteiger partial charge in [0, 0.05) is 18.4 Å². The molecule has 0 unspecified atom stereocenters. The Morgan fingerprint density at radius 1 is 1.39 bits per heavy atom. The largest absolute Gasteiger partial charge is 0.352 e. The van der Waals surface area contributed by atoms with Crippen molar-refractivity contribution in [3.63, 3.8) is 0 Å². The molecule has 0 atom stereocenters. The average molecular weight is 273 g/mol. The number of rotatable bonds is 5. The topological polar surface area (TPSA) is 63.2 Å². The number of carbonyl (C=O) groups excluding carboxylic acids is 1. The summed E-state index contributed by atoms with van der Waals surface area (Å²) in [4.78, 5) is 11.6. The summed E-state index contributed by atoms with van der Waals surface area (Å²) in [5.74, 6) is -0.648. The van der Waals surface area contributed by atoms with Gasteiger partial charge in [0.1, 0.15) is 15.7 Å². The molecule has 0 heterocycles. The highest BCUT2D eigenvalue weighted by Gasteiger charge is 2.08. The van der Waals surface area contributed by atoms with Crippen molar-refractivity contribution in [1.82, 2.24) is 5.32 Å². The number of sulfone groups is 1. The molecule has 1 rings (SSSR count). The normalized spacial score (nSPS) is 11.3. The summed E-state index contributed by atoms with van der Waals surface area (Å²) in [6.07, 6.45) is 1.52. The Morgan fingerprint density at radius 2 is 2.06 bits per heavy atom. The molecule has 0 bridgehead atoms. The van der Waals surface area contributed by atoms with E-state index in [2.05, 4.69) is 5.32 Å². The van der Waals surface area contributed by atoms with E-state index in [9.17, 15) is 17.6 Å². The molecule has 1 N–H and O–H groups in total. The maximum Gasteiger partial charge on any atom is 0.251 e. The lowest BCUT2D eigenvalue weighted by molar-refractivity contribution is 0.0953. The van der Waals surface area contributed by atoms with Gasteiger partial charge in [0.25, 0.3) is 5.91 Å². The van der Waals surface area contributed by atoms with Crippen LogP contribution < -0.4 is 5.32 Å². The zero-order valence-corrected chi connectivity index (χ0v) is 11.2. The molecule has 1 amide bonds. The molecule has 18 heavy (non-hydrogen) atoms. The summed E-state index contributed by atoms with van der Waals surface area (Å²) < 4.78 is 34.7. The third-order valence-electron chi connectivity index (χ3n) is 2.40. The van der Waals surface area contributed by atoms with Gasteiger partial charge in [-0.15, -0.1) is 0 Å². The minimum atomic E-state index is -3.00. The SMILES string of the molecule is Cc1cc(C(=O)NCCCS(C)(=O)=O)ccc1F. The van der Waals surface area contributed by atoms with E-state index in [-0.39, 0.29) is 24.0 Å². The zero-order valence-electron chi connectivity index (χ0n) is 10.4. The van der Waals surface area contributed by atoms with Gasteiger partial charge < -0.3 is 5.32 Å². The van der Waals surface area contributed by atoms with Crippen LogP contribution >= 0.6 is 0 Å². The Hall–Kier alpha value is -1.43. The van der Waals surface area contributed by atoms with E-state index in [0.29, 0.717) is 17.5 Å². The predicted molar refractivity (Wildman–Crippen MR) is 67.8 cm³/mol. The lowest BCUT2D eigenvalue weighted by Crippen LogP contribution is -2.26. The first-order valence-corrected chi connectivity index (χ1v) is 7.58. The van der Waals surface area contributed by atoms with Crippen molar-refractivity contribution in [3.05, 3.63) is 35.1 Å². The Balaban J connectivity index is 2.48. The minimum Gasteiger partial charge on any atom is -0.352 e. The standard InChI is InChI=1S/C12H16FNO3S/c1-9-8-10(4-5-11(9)13)12(15)14-6-3-7-18(2,16)17/h4-5,8H,3,6-7H2,1-2H3,(H,14,15). The highest BCUT2D eigenvalue weighted by Crippen LogP contribution is 2.08. The molecule has 1 aromatic rings. The summed E-state index contributed by atoms with van der Waals surface area (Å²) in [5.41, 5.74) is 0.770. The molecule has 100 valence electrons. The molecule has 0 saturated carbocycles. The van der Waals surface area contributed by atoms with Crippen LogP contribution in [0, 0.1) is 12.7 Å². The monoisotopic (exact) mass is 273 g/mol. The number of benzene rings is 1. The number of hydrogen-bond donors (Lipinski definition) is 1. The molecule has 4 nitrogen and oxygen atoms in total. The van der Waals surface area contributed by atoms with Crippen molar-refractivity contribution >= 4 is 15.7 Å². The molecule has 0 aromatic heterocycles. The quantitative estimate of drug-likeness (QED) is 0.822. The van der Waals surface area contributed by atoms with Gasteiger partial charge in [-0.05, 0) is 37.1 Å². The highest BCUT2D eigenvalue weighted by atomic mass is 32.2. The Kier molecular flexibility index (Phi) is 4.84. The van der Waals surface area contributed by atoms with Crippen LogP contribution in [0.15, 0.2) is 18.2 Å². The van der Waals surface area contributed by atoms with Crippen molar-refractivity contribution in [2.75, 3.05) is 18.6 Å². The van der Waals surface area contributed by atoms with E-state index in [1.807, 2.05) is 0 Å². The number of carbonyl (C=O) groups is 1. The van der Waals surface area contributed by atoms with Gasteiger partial charge in [0.05, 0.1) is 5.75 Å². The third kappa shape index (κ3) is 4.83. The van der Waals surface area contributed by atoms with Crippen molar-refractivity contribution < 1.29 is 17.6 Å². The van der Waals surface area contributed by atoms with Crippen LogP contribution in [0.25, 0.3) is 0 Å². The van der Waals surface area contributed by atoms with Gasteiger partial charge in [-0.25, -0.2) is 12.8 Å². The first-order valence-electron chi connectivity index (χ1n) is 5.51. The van der Waals surface area contributed by atoms with Gasteiger partial charge in [0.2, 0.25) is 0 Å². The second-order valence-corrected chi connectivity index (χ2v) is 6.46. The maximum absolute atomic E-state index is 13.0. The van der Waals surface area contributed by atoms with Gasteiger partial charge in [-0.1, -0.05) is 0 Å². The molecule has 0 fully saturated rings. The number of nitrogens with one attached hydrogen (secondary N) is 1. The minimum absolute atomic E-state index is 0.0374. The second-order valence-electron chi connectivity index (χ2n) is 4.20. The molecule has 0 saturated heterocycles. The number of halogens is 1. The molecule has 0 radical (unpaired) electrons. The van der Waals surface area contributed by atoms with Crippen LogP contribution in [0.1, 0.15) is 22.3 Å². The van der Waals surface area contributed by atoms with Crippen molar-refractivity contribution in [3.8, 4) is 0 Å². The lowest BCUT2D eigenvalue weighted by atomic mass is 10.1. The summed E-state index contributed by atoms with van der Waals surface area (Å²) in [6, 6.07) is 4.09. The lowest BCUT2D eigenvalue weighted by Gasteiger charge is -2.05. The van der Waals surface area contributed by atoms with Crippen LogP contribution in [-0.2, 0) is 9.84 Å².